The summed E-state index contributed by atoms with van der Waals surface area (Å²) in [4.78, 5) is 0. The Morgan fingerprint density at radius 2 is 1.03 bits per heavy atom. The molecule has 7 rings (SSSR count). The number of fused-ring (bicyclic) bond motifs is 4. The van der Waals surface area contributed by atoms with E-state index in [-0.39, 0.29) is 0 Å². The summed E-state index contributed by atoms with van der Waals surface area (Å²) >= 11 is 6.21. The second-order valence-electron chi connectivity index (χ2n) is 9.21. The van der Waals surface area contributed by atoms with Crippen LogP contribution in [0.2, 0.25) is 5.02 Å². The van der Waals surface area contributed by atoms with E-state index in [1.54, 1.807) is 0 Å². The molecule has 0 atom stereocenters. The van der Waals surface area contributed by atoms with Gasteiger partial charge in [-0.25, -0.2) is 0 Å². The van der Waals surface area contributed by atoms with Crippen molar-refractivity contribution in [2.45, 2.75) is 0 Å². The van der Waals surface area contributed by atoms with E-state index in [0.717, 1.165) is 21.8 Å². The van der Waals surface area contributed by atoms with Crippen LogP contribution < -0.4 is 0 Å². The molecule has 1 aromatic heterocycles. The van der Waals surface area contributed by atoms with Gasteiger partial charge in [-0.15, -0.1) is 0 Å². The Balaban J connectivity index is 1.57. The van der Waals surface area contributed by atoms with Gasteiger partial charge in [-0.1, -0.05) is 96.5 Å². The highest BCUT2D eigenvalue weighted by Gasteiger charge is 2.15. The van der Waals surface area contributed by atoms with Crippen LogP contribution in [-0.2, 0) is 0 Å². The summed E-state index contributed by atoms with van der Waals surface area (Å²) in [6.45, 7) is 0. The number of hydrogen-bond donors (Lipinski definition) is 0. The van der Waals surface area contributed by atoms with Crippen molar-refractivity contribution in [3.8, 4) is 27.9 Å². The van der Waals surface area contributed by atoms with Gasteiger partial charge in [0.25, 0.3) is 0 Å². The van der Waals surface area contributed by atoms with Crippen LogP contribution in [0, 0.1) is 0 Å². The minimum atomic E-state index is 0.743. The molecule has 1 heterocycles. The molecule has 6 aromatic carbocycles. The first-order chi connectivity index (χ1) is 17.7. The molecule has 0 amide bonds. The average Bonchev–Trinajstić information content (AvgIpc) is 3.25. The van der Waals surface area contributed by atoms with Crippen molar-refractivity contribution in [1.82, 2.24) is 4.57 Å². The maximum atomic E-state index is 6.21. The van der Waals surface area contributed by atoms with E-state index in [0.29, 0.717) is 0 Å². The van der Waals surface area contributed by atoms with Crippen molar-refractivity contribution < 1.29 is 0 Å². The summed E-state index contributed by atoms with van der Waals surface area (Å²) in [6.07, 6.45) is 0. The molecule has 0 spiro atoms. The van der Waals surface area contributed by atoms with E-state index >= 15 is 0 Å². The van der Waals surface area contributed by atoms with Crippen LogP contribution in [0.25, 0.3) is 60.5 Å². The maximum absolute atomic E-state index is 6.21. The number of aromatic nitrogens is 1. The molecule has 2 heteroatoms. The van der Waals surface area contributed by atoms with Crippen molar-refractivity contribution >= 4 is 44.2 Å². The molecule has 0 aliphatic heterocycles. The Bertz CT molecular complexity index is 1880. The molecule has 0 unspecified atom stereocenters. The Kier molecular flexibility index (Phi) is 4.90. The fraction of sp³-hybridized carbons (Fsp3) is 0. The molecular formula is C34H22ClN. The van der Waals surface area contributed by atoms with E-state index < -0.39 is 0 Å². The standard InChI is InChI=1S/C34H22ClN/c35-29-16-14-24(15-17-29)28-18-27(23-8-2-1-3-9-23)19-30(20-28)36-33-13-7-6-12-31(33)32-21-25-10-4-5-11-26(25)22-34(32)36/h1-22H. The van der Waals surface area contributed by atoms with Gasteiger partial charge in [-0.2, -0.15) is 0 Å². The zero-order valence-electron chi connectivity index (χ0n) is 19.5. The van der Waals surface area contributed by atoms with Crippen LogP contribution in [0.3, 0.4) is 0 Å². The van der Waals surface area contributed by atoms with E-state index in [4.69, 9.17) is 11.6 Å². The SMILES string of the molecule is Clc1ccc(-c2cc(-c3ccccc3)cc(-n3c4ccccc4c4cc5ccccc5cc43)c2)cc1. The number of nitrogens with zero attached hydrogens (tertiary/aromatic N) is 1. The normalized spacial score (nSPS) is 11.5. The van der Waals surface area contributed by atoms with Crippen LogP contribution in [0.1, 0.15) is 0 Å². The first-order valence-electron chi connectivity index (χ1n) is 12.1. The highest BCUT2D eigenvalue weighted by Crippen LogP contribution is 2.37. The van der Waals surface area contributed by atoms with Crippen LogP contribution in [0.4, 0.5) is 0 Å². The summed E-state index contributed by atoms with van der Waals surface area (Å²) in [5, 5.41) is 5.77. The van der Waals surface area contributed by atoms with E-state index in [1.165, 1.54) is 43.7 Å². The molecule has 1 nitrogen and oxygen atoms in total. The maximum Gasteiger partial charge on any atom is 0.0547 e. The van der Waals surface area contributed by atoms with Crippen LogP contribution in [0.5, 0.6) is 0 Å². The number of para-hydroxylation sites is 1. The second kappa shape index (κ2) is 8.41. The van der Waals surface area contributed by atoms with Crippen LogP contribution >= 0.6 is 11.6 Å². The minimum absolute atomic E-state index is 0.743. The van der Waals surface area contributed by atoms with Gasteiger partial charge in [-0.3, -0.25) is 0 Å². The van der Waals surface area contributed by atoms with Crippen molar-refractivity contribution in [3.05, 3.63) is 138 Å². The lowest BCUT2D eigenvalue weighted by Gasteiger charge is -2.14. The largest absolute Gasteiger partial charge is 0.309 e. The number of benzene rings is 6. The van der Waals surface area contributed by atoms with Gasteiger partial charge in [0.15, 0.2) is 0 Å². The lowest BCUT2D eigenvalue weighted by atomic mass is 9.98. The molecule has 0 radical (unpaired) electrons. The number of halogens is 1. The van der Waals surface area contributed by atoms with E-state index in [9.17, 15) is 0 Å². The highest BCUT2D eigenvalue weighted by atomic mass is 35.5. The molecule has 0 N–H and O–H groups in total. The summed E-state index contributed by atoms with van der Waals surface area (Å²) in [5.74, 6) is 0. The van der Waals surface area contributed by atoms with Gasteiger partial charge >= 0.3 is 0 Å². The van der Waals surface area contributed by atoms with Crippen molar-refractivity contribution in [3.63, 3.8) is 0 Å². The van der Waals surface area contributed by atoms with Gasteiger partial charge in [-0.05, 0) is 81.6 Å². The minimum Gasteiger partial charge on any atom is -0.309 e. The van der Waals surface area contributed by atoms with E-state index in [2.05, 4.69) is 126 Å². The lowest BCUT2D eigenvalue weighted by Crippen LogP contribution is -1.96. The molecule has 0 bridgehead atoms. The third-order valence-electron chi connectivity index (χ3n) is 7.00. The fourth-order valence-electron chi connectivity index (χ4n) is 5.28. The highest BCUT2D eigenvalue weighted by molar-refractivity contribution is 6.30. The molecule has 0 aliphatic rings. The Morgan fingerprint density at radius 1 is 0.417 bits per heavy atom. The van der Waals surface area contributed by atoms with Gasteiger partial charge < -0.3 is 4.57 Å². The quantitative estimate of drug-likeness (QED) is 0.237. The third kappa shape index (κ3) is 3.48. The fourth-order valence-corrected chi connectivity index (χ4v) is 5.41. The van der Waals surface area contributed by atoms with Gasteiger partial charge in [0.2, 0.25) is 0 Å². The lowest BCUT2D eigenvalue weighted by molar-refractivity contribution is 1.18. The topological polar surface area (TPSA) is 4.93 Å². The van der Waals surface area contributed by atoms with Gasteiger partial charge in [0.05, 0.1) is 11.0 Å². The van der Waals surface area contributed by atoms with Crippen molar-refractivity contribution in [2.24, 2.45) is 0 Å². The van der Waals surface area contributed by atoms with Gasteiger partial charge in [0.1, 0.15) is 0 Å². The summed E-state index contributed by atoms with van der Waals surface area (Å²) in [5.41, 5.74) is 8.24. The van der Waals surface area contributed by atoms with Crippen LogP contribution in [-0.4, -0.2) is 4.57 Å². The zero-order chi connectivity index (χ0) is 24.1. The predicted molar refractivity (Wildman–Crippen MR) is 154 cm³/mol. The van der Waals surface area contributed by atoms with Crippen molar-refractivity contribution in [1.29, 1.82) is 0 Å². The molecule has 170 valence electrons. The Hall–Kier alpha value is -4.33. The molecular weight excluding hydrogens is 458 g/mol. The molecule has 36 heavy (non-hydrogen) atoms. The molecule has 0 aliphatic carbocycles. The number of rotatable bonds is 3. The number of hydrogen-bond acceptors (Lipinski definition) is 0. The summed E-state index contributed by atoms with van der Waals surface area (Å²) in [7, 11) is 0. The zero-order valence-corrected chi connectivity index (χ0v) is 20.3. The van der Waals surface area contributed by atoms with Crippen LogP contribution in [0.15, 0.2) is 133 Å². The predicted octanol–water partition coefficient (Wildman–Crippen LogP) is 9.92. The monoisotopic (exact) mass is 479 g/mol. The molecule has 0 fully saturated rings. The molecule has 0 saturated carbocycles. The van der Waals surface area contributed by atoms with E-state index in [1.807, 2.05) is 12.1 Å². The smallest absolute Gasteiger partial charge is 0.0547 e. The molecule has 7 aromatic rings. The Labute approximate surface area is 214 Å². The first-order valence-corrected chi connectivity index (χ1v) is 12.5. The van der Waals surface area contributed by atoms with Gasteiger partial charge in [0, 0.05) is 21.5 Å². The first kappa shape index (κ1) is 21.0. The summed E-state index contributed by atoms with van der Waals surface area (Å²) in [6, 6.07) is 47.5. The third-order valence-corrected chi connectivity index (χ3v) is 7.25. The second-order valence-corrected chi connectivity index (χ2v) is 9.65. The Morgan fingerprint density at radius 3 is 1.78 bits per heavy atom. The van der Waals surface area contributed by atoms with Crippen molar-refractivity contribution in [2.75, 3.05) is 0 Å². The average molecular weight is 480 g/mol. The summed E-state index contributed by atoms with van der Waals surface area (Å²) < 4.78 is 2.41. The molecule has 0 saturated heterocycles.